The molecule has 0 spiro atoms. The van der Waals surface area contributed by atoms with E-state index in [4.69, 9.17) is 0 Å². The molecule has 0 aliphatic rings. The van der Waals surface area contributed by atoms with Gasteiger partial charge in [-0.25, -0.2) is 0 Å². The van der Waals surface area contributed by atoms with E-state index in [0.717, 1.165) is 0 Å². The molecule has 0 N–H and O–H groups in total. The number of hydrogen-bond acceptors (Lipinski definition) is 4. The maximum absolute atomic E-state index is 2.37. The van der Waals surface area contributed by atoms with E-state index in [2.05, 4.69) is 144 Å². The molecular formula is C42H24S4. The minimum atomic E-state index is 1.26. The monoisotopic (exact) mass is 656 g/mol. The van der Waals surface area contributed by atoms with Crippen LogP contribution in [0.5, 0.6) is 0 Å². The average Bonchev–Trinajstić information content (AvgIpc) is 3.91. The molecule has 0 atom stereocenters. The summed E-state index contributed by atoms with van der Waals surface area (Å²) in [7, 11) is 0. The summed E-state index contributed by atoms with van der Waals surface area (Å²) in [6.45, 7) is 0. The van der Waals surface area contributed by atoms with Gasteiger partial charge in [-0.3, -0.25) is 0 Å². The van der Waals surface area contributed by atoms with Gasteiger partial charge in [-0.2, -0.15) is 0 Å². The third kappa shape index (κ3) is 4.37. The first-order valence-corrected chi connectivity index (χ1v) is 18.7. The van der Waals surface area contributed by atoms with Crippen LogP contribution in [0.15, 0.2) is 144 Å². The molecule has 0 saturated carbocycles. The first-order chi connectivity index (χ1) is 22.7. The Labute approximate surface area is 282 Å². The lowest BCUT2D eigenvalue weighted by Gasteiger charge is -2.06. The number of thiophene rings is 4. The van der Waals surface area contributed by atoms with Crippen molar-refractivity contribution in [3.8, 4) is 44.5 Å². The van der Waals surface area contributed by atoms with E-state index in [-0.39, 0.29) is 0 Å². The van der Waals surface area contributed by atoms with E-state index in [1.54, 1.807) is 22.7 Å². The highest BCUT2D eigenvalue weighted by Crippen LogP contribution is 2.46. The molecule has 0 saturated heterocycles. The average molecular weight is 657 g/mol. The van der Waals surface area contributed by atoms with E-state index in [1.807, 2.05) is 22.7 Å². The van der Waals surface area contributed by atoms with Crippen LogP contribution in [0.2, 0.25) is 0 Å². The van der Waals surface area contributed by atoms with E-state index >= 15 is 0 Å². The first-order valence-electron chi connectivity index (χ1n) is 15.3. The fourth-order valence-electron chi connectivity index (χ4n) is 6.62. The Morgan fingerprint density at radius 3 is 1.04 bits per heavy atom. The van der Waals surface area contributed by atoms with Crippen molar-refractivity contribution in [3.05, 3.63) is 144 Å². The fraction of sp³-hybridized carbons (Fsp3) is 0. The lowest BCUT2D eigenvalue weighted by molar-refractivity contribution is 1.63. The van der Waals surface area contributed by atoms with Crippen LogP contribution < -0.4 is 0 Å². The molecule has 10 rings (SSSR count). The second-order valence-corrected chi connectivity index (χ2v) is 15.8. The highest BCUT2D eigenvalue weighted by atomic mass is 32.1. The van der Waals surface area contributed by atoms with Crippen molar-refractivity contribution in [2.24, 2.45) is 0 Å². The highest BCUT2D eigenvalue weighted by molar-refractivity contribution is 7.36. The zero-order valence-electron chi connectivity index (χ0n) is 24.5. The van der Waals surface area contributed by atoms with Crippen LogP contribution in [-0.2, 0) is 0 Å². The third-order valence-corrected chi connectivity index (χ3v) is 13.4. The maximum Gasteiger partial charge on any atom is 0.0542 e. The SMILES string of the molecule is c1cc2cc(-c3ccc(-c4ccc5c(c4)sc4c6ccc(-c7ccc(-c8ccc9sccc9c8)cc7)cc6sc54)cc3)ccc2s1. The van der Waals surface area contributed by atoms with Crippen LogP contribution in [0.4, 0.5) is 0 Å². The van der Waals surface area contributed by atoms with Crippen molar-refractivity contribution in [1.82, 2.24) is 0 Å². The Kier molecular flexibility index (Phi) is 6.06. The second kappa shape index (κ2) is 10.5. The van der Waals surface area contributed by atoms with Crippen LogP contribution in [0.3, 0.4) is 0 Å². The molecule has 46 heavy (non-hydrogen) atoms. The largest absolute Gasteiger partial charge is 0.144 e. The zero-order chi connectivity index (χ0) is 30.2. The van der Waals surface area contributed by atoms with Gasteiger partial charge in [-0.1, -0.05) is 84.9 Å². The lowest BCUT2D eigenvalue weighted by atomic mass is 9.99. The molecule has 0 aliphatic carbocycles. The van der Waals surface area contributed by atoms with Crippen LogP contribution in [0.1, 0.15) is 0 Å². The number of hydrogen-bond donors (Lipinski definition) is 0. The Morgan fingerprint density at radius 1 is 0.283 bits per heavy atom. The van der Waals surface area contributed by atoms with Gasteiger partial charge < -0.3 is 0 Å². The van der Waals surface area contributed by atoms with Crippen LogP contribution in [0, 0.1) is 0 Å². The summed E-state index contributed by atoms with van der Waals surface area (Å²) in [5.74, 6) is 0. The standard InChI is InChI=1S/C42H24S4/c1-5-27(6-2-25(1)29-11-15-37-33(21-29)17-19-43-37)31-9-13-35-39(23-31)45-42-36-14-10-32(24-40(36)46-41(35)42)28-7-3-26(4-8-28)30-12-16-38-34(22-30)18-20-44-38/h1-24H. The Hall–Kier alpha value is -4.58. The predicted octanol–water partition coefficient (Wildman–Crippen LogP) is 14.4. The maximum atomic E-state index is 2.37. The summed E-state index contributed by atoms with van der Waals surface area (Å²) in [6.07, 6.45) is 0. The molecule has 216 valence electrons. The number of benzene rings is 6. The molecule has 0 fully saturated rings. The Morgan fingerprint density at radius 2 is 0.630 bits per heavy atom. The summed E-state index contributed by atoms with van der Waals surface area (Å²) in [6, 6.07) is 49.9. The topological polar surface area (TPSA) is 0 Å². The van der Waals surface area contributed by atoms with Crippen molar-refractivity contribution in [2.75, 3.05) is 0 Å². The van der Waals surface area contributed by atoms with Crippen LogP contribution >= 0.6 is 45.3 Å². The molecular weight excluding hydrogens is 633 g/mol. The predicted molar refractivity (Wildman–Crippen MR) is 207 cm³/mol. The number of rotatable bonds is 4. The molecule has 10 aromatic rings. The normalized spacial score (nSPS) is 11.9. The molecule has 0 amide bonds. The van der Waals surface area contributed by atoms with E-state index in [0.29, 0.717) is 0 Å². The molecule has 0 bridgehead atoms. The zero-order valence-corrected chi connectivity index (χ0v) is 27.8. The van der Waals surface area contributed by atoms with Crippen molar-refractivity contribution < 1.29 is 0 Å². The second-order valence-electron chi connectivity index (χ2n) is 11.8. The molecule has 0 radical (unpaired) electrons. The van der Waals surface area contributed by atoms with Gasteiger partial charge in [0.05, 0.1) is 9.40 Å². The Balaban J connectivity index is 0.949. The van der Waals surface area contributed by atoms with Crippen molar-refractivity contribution in [1.29, 1.82) is 0 Å². The summed E-state index contributed by atoms with van der Waals surface area (Å²) in [5, 5.41) is 9.68. The van der Waals surface area contributed by atoms with E-state index < -0.39 is 0 Å². The fourth-order valence-corrected chi connectivity index (χ4v) is 10.9. The molecule has 4 heterocycles. The van der Waals surface area contributed by atoms with Gasteiger partial charge in [0.2, 0.25) is 0 Å². The minimum Gasteiger partial charge on any atom is -0.144 e. The molecule has 4 heteroatoms. The minimum absolute atomic E-state index is 1.26. The van der Waals surface area contributed by atoms with Gasteiger partial charge >= 0.3 is 0 Å². The van der Waals surface area contributed by atoms with Gasteiger partial charge in [-0.15, -0.1) is 45.3 Å². The first kappa shape index (κ1) is 26.6. The van der Waals surface area contributed by atoms with Gasteiger partial charge in [0.25, 0.3) is 0 Å². The smallest absolute Gasteiger partial charge is 0.0542 e. The summed E-state index contributed by atoms with van der Waals surface area (Å²) < 4.78 is 8.19. The van der Waals surface area contributed by atoms with Crippen molar-refractivity contribution >= 4 is 95.1 Å². The molecule has 6 aromatic carbocycles. The molecule has 0 aliphatic heterocycles. The van der Waals surface area contributed by atoms with Gasteiger partial charge in [0, 0.05) is 29.6 Å². The highest BCUT2D eigenvalue weighted by Gasteiger charge is 2.14. The van der Waals surface area contributed by atoms with E-state index in [1.165, 1.54) is 94.3 Å². The molecule has 4 aromatic heterocycles. The Bertz CT molecular complexity index is 2540. The van der Waals surface area contributed by atoms with Crippen molar-refractivity contribution in [3.63, 3.8) is 0 Å². The third-order valence-electron chi connectivity index (χ3n) is 9.09. The van der Waals surface area contributed by atoms with Crippen LogP contribution in [-0.4, -0.2) is 0 Å². The van der Waals surface area contributed by atoms with Crippen LogP contribution in [0.25, 0.3) is 94.3 Å². The summed E-state index contributed by atoms with van der Waals surface area (Å²) >= 11 is 7.44. The van der Waals surface area contributed by atoms with Gasteiger partial charge in [0.1, 0.15) is 0 Å². The van der Waals surface area contributed by atoms with E-state index in [9.17, 15) is 0 Å². The summed E-state index contributed by atoms with van der Waals surface area (Å²) in [5.41, 5.74) is 10.1. The molecule has 0 unspecified atom stereocenters. The van der Waals surface area contributed by atoms with Gasteiger partial charge in [-0.05, 0) is 115 Å². The van der Waals surface area contributed by atoms with Gasteiger partial charge in [0.15, 0.2) is 0 Å². The number of fused-ring (bicyclic) bond motifs is 7. The summed E-state index contributed by atoms with van der Waals surface area (Å²) in [4.78, 5) is 0. The quantitative estimate of drug-likeness (QED) is 0.177. The van der Waals surface area contributed by atoms with Crippen molar-refractivity contribution in [2.45, 2.75) is 0 Å². The molecule has 0 nitrogen and oxygen atoms in total. The lowest BCUT2D eigenvalue weighted by Crippen LogP contribution is -1.80.